The van der Waals surface area contributed by atoms with Crippen molar-refractivity contribution in [3.8, 4) is 0 Å². The molecule has 88 valence electrons. The molecule has 0 bridgehead atoms. The van der Waals surface area contributed by atoms with E-state index in [-0.39, 0.29) is 17.4 Å². The minimum absolute atomic E-state index is 0.0246. The van der Waals surface area contributed by atoms with Crippen LogP contribution in [0, 0.1) is 0 Å². The van der Waals surface area contributed by atoms with Gasteiger partial charge in [-0.05, 0) is 13.0 Å². The molecular formula is C11H14O5. The van der Waals surface area contributed by atoms with Crippen LogP contribution in [-0.2, 0) is 10.3 Å². The molecule has 2 rings (SSSR count). The van der Waals surface area contributed by atoms with Crippen molar-refractivity contribution < 1.29 is 24.2 Å². The van der Waals surface area contributed by atoms with Gasteiger partial charge in [-0.1, -0.05) is 0 Å². The molecule has 0 radical (unpaired) electrons. The standard InChI is InChI=1S/C11H14O5/c1-7-6-11(14,3-5-15-7)9-8(10(12)13)2-4-16-9/h2,4,7,14H,3,5-6H2,1H3,(H,12,13). The van der Waals surface area contributed by atoms with E-state index < -0.39 is 11.6 Å². The lowest BCUT2D eigenvalue weighted by Gasteiger charge is -2.34. The summed E-state index contributed by atoms with van der Waals surface area (Å²) in [6.07, 6.45) is 1.88. The van der Waals surface area contributed by atoms with Gasteiger partial charge in [0.25, 0.3) is 0 Å². The van der Waals surface area contributed by atoms with Gasteiger partial charge in [-0.3, -0.25) is 0 Å². The van der Waals surface area contributed by atoms with Gasteiger partial charge >= 0.3 is 5.97 Å². The first-order chi connectivity index (χ1) is 7.53. The van der Waals surface area contributed by atoms with Crippen molar-refractivity contribution in [1.82, 2.24) is 0 Å². The molecule has 1 aromatic rings. The minimum atomic E-state index is -1.23. The number of carboxylic acid groups (broad SMARTS) is 1. The quantitative estimate of drug-likeness (QED) is 0.796. The Balaban J connectivity index is 2.34. The number of furan rings is 1. The Hall–Kier alpha value is -1.33. The first-order valence-electron chi connectivity index (χ1n) is 5.18. The van der Waals surface area contributed by atoms with Crippen molar-refractivity contribution in [2.75, 3.05) is 6.61 Å². The maximum absolute atomic E-state index is 10.9. The molecule has 1 fully saturated rings. The molecule has 0 aromatic carbocycles. The summed E-state index contributed by atoms with van der Waals surface area (Å²) in [6.45, 7) is 2.24. The highest BCUT2D eigenvalue weighted by atomic mass is 16.5. The molecule has 0 aliphatic carbocycles. The maximum atomic E-state index is 10.9. The molecule has 1 saturated heterocycles. The Bertz CT molecular complexity index is 397. The van der Waals surface area contributed by atoms with Crippen molar-refractivity contribution >= 4 is 5.97 Å². The van der Waals surface area contributed by atoms with Gasteiger partial charge in [-0.2, -0.15) is 0 Å². The summed E-state index contributed by atoms with van der Waals surface area (Å²) >= 11 is 0. The average Bonchev–Trinajstić information content (AvgIpc) is 2.65. The highest BCUT2D eigenvalue weighted by Gasteiger charge is 2.40. The summed E-state index contributed by atoms with van der Waals surface area (Å²) in [7, 11) is 0. The molecule has 0 amide bonds. The van der Waals surface area contributed by atoms with E-state index in [0.29, 0.717) is 19.4 Å². The molecule has 2 N–H and O–H groups in total. The van der Waals surface area contributed by atoms with E-state index in [1.165, 1.54) is 12.3 Å². The van der Waals surface area contributed by atoms with Crippen LogP contribution in [0.15, 0.2) is 16.7 Å². The first-order valence-corrected chi connectivity index (χ1v) is 5.18. The van der Waals surface area contributed by atoms with Gasteiger partial charge in [-0.15, -0.1) is 0 Å². The second-order valence-electron chi connectivity index (χ2n) is 4.14. The van der Waals surface area contributed by atoms with Gasteiger partial charge in [0.1, 0.15) is 16.9 Å². The lowest BCUT2D eigenvalue weighted by atomic mass is 9.86. The average molecular weight is 226 g/mol. The second kappa shape index (κ2) is 3.92. The maximum Gasteiger partial charge on any atom is 0.339 e. The molecule has 1 aliphatic heterocycles. The number of carboxylic acids is 1. The smallest absolute Gasteiger partial charge is 0.339 e. The van der Waals surface area contributed by atoms with Crippen LogP contribution in [0.25, 0.3) is 0 Å². The van der Waals surface area contributed by atoms with Crippen LogP contribution in [0.2, 0.25) is 0 Å². The Morgan fingerprint density at radius 1 is 1.62 bits per heavy atom. The molecule has 0 saturated carbocycles. The third-order valence-corrected chi connectivity index (χ3v) is 2.86. The summed E-state index contributed by atoms with van der Waals surface area (Å²) in [5.41, 5.74) is -1.20. The number of aromatic carboxylic acids is 1. The normalized spacial score (nSPS) is 30.2. The van der Waals surface area contributed by atoms with Crippen molar-refractivity contribution in [1.29, 1.82) is 0 Å². The van der Waals surface area contributed by atoms with Gasteiger partial charge < -0.3 is 19.4 Å². The number of hydrogen-bond acceptors (Lipinski definition) is 4. The summed E-state index contributed by atoms with van der Waals surface area (Å²) in [5, 5.41) is 19.4. The third kappa shape index (κ3) is 1.83. The molecule has 0 spiro atoms. The van der Waals surface area contributed by atoms with Gasteiger partial charge in [0, 0.05) is 12.8 Å². The molecule has 1 aromatic heterocycles. The molecule has 2 atom stereocenters. The van der Waals surface area contributed by atoms with Crippen molar-refractivity contribution in [2.45, 2.75) is 31.5 Å². The molecule has 16 heavy (non-hydrogen) atoms. The monoisotopic (exact) mass is 226 g/mol. The van der Waals surface area contributed by atoms with Crippen LogP contribution in [0.3, 0.4) is 0 Å². The topological polar surface area (TPSA) is 79.9 Å². The zero-order chi connectivity index (χ0) is 11.8. The largest absolute Gasteiger partial charge is 0.478 e. The van der Waals surface area contributed by atoms with Crippen LogP contribution in [0.4, 0.5) is 0 Å². The molecule has 5 nitrogen and oxygen atoms in total. The van der Waals surface area contributed by atoms with Crippen molar-refractivity contribution in [3.05, 3.63) is 23.7 Å². The number of hydrogen-bond donors (Lipinski definition) is 2. The molecule has 5 heteroatoms. The Kier molecular flexibility index (Phi) is 2.73. The van der Waals surface area contributed by atoms with Gasteiger partial charge in [0.2, 0.25) is 0 Å². The van der Waals surface area contributed by atoms with E-state index in [0.717, 1.165) is 0 Å². The predicted molar refractivity (Wildman–Crippen MR) is 54.2 cm³/mol. The van der Waals surface area contributed by atoms with Crippen LogP contribution in [0.1, 0.15) is 35.9 Å². The molecule has 2 heterocycles. The number of carbonyl (C=O) groups is 1. The van der Waals surface area contributed by atoms with Crippen LogP contribution < -0.4 is 0 Å². The minimum Gasteiger partial charge on any atom is -0.478 e. The Morgan fingerprint density at radius 2 is 2.38 bits per heavy atom. The Morgan fingerprint density at radius 3 is 3.00 bits per heavy atom. The van der Waals surface area contributed by atoms with Crippen molar-refractivity contribution in [3.63, 3.8) is 0 Å². The fourth-order valence-electron chi connectivity index (χ4n) is 2.11. The number of aliphatic hydroxyl groups is 1. The lowest BCUT2D eigenvalue weighted by molar-refractivity contribution is -0.111. The predicted octanol–water partition coefficient (Wildman–Crippen LogP) is 1.36. The molecule has 1 aliphatic rings. The molecule has 2 unspecified atom stereocenters. The van der Waals surface area contributed by atoms with Gasteiger partial charge in [-0.25, -0.2) is 4.79 Å². The fourth-order valence-corrected chi connectivity index (χ4v) is 2.11. The zero-order valence-electron chi connectivity index (χ0n) is 8.97. The van der Waals surface area contributed by atoms with Gasteiger partial charge in [0.05, 0.1) is 19.0 Å². The van der Waals surface area contributed by atoms with Gasteiger partial charge in [0.15, 0.2) is 0 Å². The zero-order valence-corrected chi connectivity index (χ0v) is 8.97. The number of ether oxygens (including phenoxy) is 1. The second-order valence-corrected chi connectivity index (χ2v) is 4.14. The van der Waals surface area contributed by atoms with Crippen LogP contribution in [0.5, 0.6) is 0 Å². The third-order valence-electron chi connectivity index (χ3n) is 2.86. The Labute approximate surface area is 92.6 Å². The van der Waals surface area contributed by atoms with Crippen molar-refractivity contribution in [2.24, 2.45) is 0 Å². The van der Waals surface area contributed by atoms with E-state index in [1.807, 2.05) is 6.92 Å². The highest BCUT2D eigenvalue weighted by Crippen LogP contribution is 2.36. The van der Waals surface area contributed by atoms with E-state index in [1.54, 1.807) is 0 Å². The number of rotatable bonds is 2. The lowest BCUT2D eigenvalue weighted by Crippen LogP contribution is -2.38. The molecular weight excluding hydrogens is 212 g/mol. The SMILES string of the molecule is CC1CC(O)(c2occc2C(=O)O)CCO1. The van der Waals surface area contributed by atoms with E-state index >= 15 is 0 Å². The highest BCUT2D eigenvalue weighted by molar-refractivity contribution is 5.89. The summed E-state index contributed by atoms with van der Waals surface area (Å²) in [6, 6.07) is 1.36. The fraction of sp³-hybridized carbons (Fsp3) is 0.545. The van der Waals surface area contributed by atoms with Crippen LogP contribution >= 0.6 is 0 Å². The summed E-state index contributed by atoms with van der Waals surface area (Å²) < 4.78 is 10.5. The first kappa shape index (κ1) is 11.2. The van der Waals surface area contributed by atoms with E-state index in [9.17, 15) is 9.90 Å². The van der Waals surface area contributed by atoms with Crippen LogP contribution in [-0.4, -0.2) is 28.9 Å². The van der Waals surface area contributed by atoms with E-state index in [2.05, 4.69) is 0 Å². The summed E-state index contributed by atoms with van der Waals surface area (Å²) in [4.78, 5) is 10.9. The van der Waals surface area contributed by atoms with E-state index in [4.69, 9.17) is 14.3 Å². The summed E-state index contributed by atoms with van der Waals surface area (Å²) in [5.74, 6) is -0.952.